The first-order chi connectivity index (χ1) is 36.7. The maximum absolute atomic E-state index is 5.64. The highest BCUT2D eigenvalue weighted by Gasteiger charge is 2.19. The molecule has 0 fully saturated rings. The van der Waals surface area contributed by atoms with Crippen LogP contribution in [0.2, 0.25) is 0 Å². The van der Waals surface area contributed by atoms with E-state index in [1.165, 1.54) is 48.8 Å². The maximum Gasteiger partial charge on any atom is 0.164 e. The fourth-order valence-electron chi connectivity index (χ4n) is 10.8. The molecule has 0 amide bonds. The number of fused-ring (bicyclic) bond motifs is 8. The Bertz CT molecular complexity index is 4320. The quantitative estimate of drug-likeness (QED) is 0.142. The van der Waals surface area contributed by atoms with Gasteiger partial charge in [-0.3, -0.25) is 0 Å². The molecule has 0 aliphatic carbocycles. The number of para-hydroxylation sites is 1. The van der Waals surface area contributed by atoms with Crippen molar-refractivity contribution >= 4 is 54.0 Å². The highest BCUT2D eigenvalue weighted by molar-refractivity contribution is 6.24. The van der Waals surface area contributed by atoms with Gasteiger partial charge in [0.15, 0.2) is 17.5 Å². The second-order valence-corrected chi connectivity index (χ2v) is 18.9. The summed E-state index contributed by atoms with van der Waals surface area (Å²) in [5.74, 6) is 1.83. The van der Waals surface area contributed by atoms with Crippen LogP contribution in [0.4, 0.5) is 0 Å². The summed E-state index contributed by atoms with van der Waals surface area (Å²) in [6.45, 7) is 0. The smallest absolute Gasteiger partial charge is 0.164 e. The van der Waals surface area contributed by atoms with Crippen molar-refractivity contribution in [1.29, 1.82) is 0 Å². The van der Waals surface area contributed by atoms with Gasteiger partial charge in [-0.05, 0) is 77.3 Å². The van der Waals surface area contributed by atoms with Gasteiger partial charge in [0.2, 0.25) is 0 Å². The van der Waals surface area contributed by atoms with Gasteiger partial charge in [-0.25, -0.2) is 19.9 Å². The van der Waals surface area contributed by atoms with Crippen LogP contribution in [0.15, 0.2) is 267 Å². The van der Waals surface area contributed by atoms with Gasteiger partial charge in [-0.15, -0.1) is 0 Å². The average Bonchev–Trinajstić information content (AvgIpc) is 3.50. The summed E-state index contributed by atoms with van der Waals surface area (Å²) in [4.78, 5) is 21.0. The number of hydrogen-bond donors (Lipinski definition) is 0. The van der Waals surface area contributed by atoms with Crippen molar-refractivity contribution in [1.82, 2.24) is 19.9 Å². The Morgan fingerprint density at radius 2 is 0.622 bits per heavy atom. The molecule has 0 saturated carbocycles. The molecule has 0 radical (unpaired) electrons. The Morgan fingerprint density at radius 1 is 0.203 bits per heavy atom. The molecule has 0 atom stereocenters. The first-order valence-electron chi connectivity index (χ1n) is 25.1. The zero-order chi connectivity index (χ0) is 49.0. The van der Waals surface area contributed by atoms with E-state index in [-0.39, 0.29) is 0 Å². The van der Waals surface area contributed by atoms with Gasteiger partial charge in [-0.2, -0.15) is 0 Å². The summed E-state index contributed by atoms with van der Waals surface area (Å²) in [5.41, 5.74) is 14.8. The van der Waals surface area contributed by atoms with Crippen LogP contribution in [0.1, 0.15) is 0 Å². The van der Waals surface area contributed by atoms with E-state index in [1.807, 2.05) is 12.1 Å². The number of rotatable bonds is 8. The standard InChI is InChI=1S/C70H44N4/c1-3-14-45(15-4-1)47-26-36-53(37-27-47)68-72-69(54-38-28-48(29-39-54)46-16-5-2-6-17-46)74-70(73-68)55-40-32-50(33-41-55)59-24-13-25-62-65-58-21-10-7-18-49(58)42-43-63(65)66(71-67(59)62)52-34-30-51(31-35-52)64-44-56-19-8-9-20-57(56)60-22-11-12-23-61(60)64/h1-44H. The second kappa shape index (κ2) is 18.1. The summed E-state index contributed by atoms with van der Waals surface area (Å²) in [7, 11) is 0. The van der Waals surface area contributed by atoms with E-state index in [0.29, 0.717) is 17.5 Å². The summed E-state index contributed by atoms with van der Waals surface area (Å²) in [5, 5.41) is 10.8. The predicted octanol–water partition coefficient (Wildman–Crippen LogP) is 18.4. The Balaban J connectivity index is 0.875. The summed E-state index contributed by atoms with van der Waals surface area (Å²) >= 11 is 0. The number of benzene rings is 12. The van der Waals surface area contributed by atoms with E-state index in [9.17, 15) is 0 Å². The third-order valence-corrected chi connectivity index (χ3v) is 14.5. The molecule has 0 aliphatic heterocycles. The Morgan fingerprint density at radius 3 is 1.20 bits per heavy atom. The molecule has 0 N–H and O–H groups in total. The number of aromatic nitrogens is 4. The van der Waals surface area contributed by atoms with E-state index in [0.717, 1.165) is 77.6 Å². The minimum Gasteiger partial charge on any atom is -0.246 e. The lowest BCUT2D eigenvalue weighted by atomic mass is 9.91. The SMILES string of the molecule is c1ccc(-c2ccc(-c3nc(-c4ccc(-c5ccccc5)cc4)nc(-c4ccc(-c5cccc6c5nc(-c5ccc(-c7cc8ccccc8c8ccccc78)cc5)c5ccc7ccccc7c56)cc4)n3)cc2)cc1. The van der Waals surface area contributed by atoms with Crippen molar-refractivity contribution in [2.75, 3.05) is 0 Å². The van der Waals surface area contributed by atoms with Crippen LogP contribution in [-0.4, -0.2) is 19.9 Å². The molecule has 4 nitrogen and oxygen atoms in total. The van der Waals surface area contributed by atoms with Crippen molar-refractivity contribution in [3.63, 3.8) is 0 Å². The van der Waals surface area contributed by atoms with Crippen molar-refractivity contribution < 1.29 is 0 Å². The van der Waals surface area contributed by atoms with Crippen LogP contribution in [0, 0.1) is 0 Å². The molecule has 0 saturated heterocycles. The summed E-state index contributed by atoms with van der Waals surface area (Å²) in [6, 6.07) is 94.8. The molecule has 12 aromatic carbocycles. The molecule has 14 aromatic rings. The van der Waals surface area contributed by atoms with Crippen LogP contribution in [0.3, 0.4) is 0 Å². The number of pyridine rings is 1. The van der Waals surface area contributed by atoms with E-state index in [2.05, 4.69) is 255 Å². The van der Waals surface area contributed by atoms with E-state index >= 15 is 0 Å². The first-order valence-corrected chi connectivity index (χ1v) is 25.1. The summed E-state index contributed by atoms with van der Waals surface area (Å²) in [6.07, 6.45) is 0. The van der Waals surface area contributed by atoms with Crippen molar-refractivity contribution in [2.45, 2.75) is 0 Å². The van der Waals surface area contributed by atoms with Crippen LogP contribution in [0.25, 0.3) is 144 Å². The molecule has 2 heterocycles. The minimum atomic E-state index is 0.603. The van der Waals surface area contributed by atoms with Gasteiger partial charge in [0.25, 0.3) is 0 Å². The molecule has 344 valence electrons. The molecule has 74 heavy (non-hydrogen) atoms. The van der Waals surface area contributed by atoms with Gasteiger partial charge in [0, 0.05) is 44.0 Å². The molecular formula is C70H44N4. The maximum atomic E-state index is 5.64. The lowest BCUT2D eigenvalue weighted by Gasteiger charge is -2.16. The molecule has 0 unspecified atom stereocenters. The normalized spacial score (nSPS) is 11.5. The monoisotopic (exact) mass is 940 g/mol. The Labute approximate surface area is 428 Å². The van der Waals surface area contributed by atoms with E-state index in [4.69, 9.17) is 19.9 Å². The van der Waals surface area contributed by atoms with Crippen LogP contribution in [-0.2, 0) is 0 Å². The zero-order valence-electron chi connectivity index (χ0n) is 40.2. The molecule has 0 bridgehead atoms. The molecule has 14 rings (SSSR count). The van der Waals surface area contributed by atoms with Gasteiger partial charge in [-0.1, -0.05) is 261 Å². The van der Waals surface area contributed by atoms with Gasteiger partial charge in [0.05, 0.1) is 11.2 Å². The number of nitrogens with zero attached hydrogens (tertiary/aromatic N) is 4. The fraction of sp³-hybridized carbons (Fsp3) is 0. The third kappa shape index (κ3) is 7.65. The molecule has 0 spiro atoms. The Kier molecular flexibility index (Phi) is 10.5. The van der Waals surface area contributed by atoms with Crippen molar-refractivity contribution in [3.05, 3.63) is 267 Å². The van der Waals surface area contributed by atoms with Gasteiger partial charge in [0.1, 0.15) is 0 Å². The topological polar surface area (TPSA) is 51.6 Å². The molecular weight excluding hydrogens is 897 g/mol. The second-order valence-electron chi connectivity index (χ2n) is 18.9. The average molecular weight is 941 g/mol. The van der Waals surface area contributed by atoms with E-state index in [1.54, 1.807) is 0 Å². The van der Waals surface area contributed by atoms with E-state index < -0.39 is 0 Å². The Hall–Kier alpha value is -9.90. The predicted molar refractivity (Wildman–Crippen MR) is 309 cm³/mol. The lowest BCUT2D eigenvalue weighted by Crippen LogP contribution is -2.00. The lowest BCUT2D eigenvalue weighted by molar-refractivity contribution is 1.07. The highest BCUT2D eigenvalue weighted by Crippen LogP contribution is 2.42. The molecule has 2 aromatic heterocycles. The first kappa shape index (κ1) is 42.9. The summed E-state index contributed by atoms with van der Waals surface area (Å²) < 4.78 is 0. The fourth-order valence-corrected chi connectivity index (χ4v) is 10.8. The zero-order valence-corrected chi connectivity index (χ0v) is 40.2. The van der Waals surface area contributed by atoms with Gasteiger partial charge < -0.3 is 0 Å². The third-order valence-electron chi connectivity index (χ3n) is 14.5. The minimum absolute atomic E-state index is 0.603. The highest BCUT2D eigenvalue weighted by atomic mass is 15.0. The van der Waals surface area contributed by atoms with Crippen LogP contribution < -0.4 is 0 Å². The van der Waals surface area contributed by atoms with Crippen molar-refractivity contribution in [2.24, 2.45) is 0 Å². The number of hydrogen-bond acceptors (Lipinski definition) is 4. The van der Waals surface area contributed by atoms with Gasteiger partial charge >= 0.3 is 0 Å². The molecule has 4 heteroatoms. The van der Waals surface area contributed by atoms with Crippen molar-refractivity contribution in [3.8, 4) is 89.9 Å². The largest absolute Gasteiger partial charge is 0.246 e. The molecule has 0 aliphatic rings. The van der Waals surface area contributed by atoms with Crippen LogP contribution >= 0.6 is 0 Å². The van der Waals surface area contributed by atoms with Crippen LogP contribution in [0.5, 0.6) is 0 Å².